The molecule has 1 aromatic heterocycles. The van der Waals surface area contributed by atoms with Crippen molar-refractivity contribution in [3.63, 3.8) is 0 Å². The zero-order valence-electron chi connectivity index (χ0n) is 11.3. The highest BCUT2D eigenvalue weighted by Gasteiger charge is 2.21. The van der Waals surface area contributed by atoms with Crippen molar-refractivity contribution in [2.45, 2.75) is 31.5 Å². The Labute approximate surface area is 116 Å². The lowest BCUT2D eigenvalue weighted by Crippen LogP contribution is -2.36. The minimum Gasteiger partial charge on any atom is -0.447 e. The molecule has 0 radical (unpaired) electrons. The van der Waals surface area contributed by atoms with Crippen molar-refractivity contribution >= 4 is 20.8 Å². The fourth-order valence-corrected chi connectivity index (χ4v) is 3.64. The Hall–Kier alpha value is -0.700. The molecule has 1 aromatic rings. The molecule has 110 valence electrons. The van der Waals surface area contributed by atoms with Crippen molar-refractivity contribution in [1.29, 1.82) is 0 Å². The first-order chi connectivity index (χ1) is 8.85. The molecule has 6 nitrogen and oxygen atoms in total. The van der Waals surface area contributed by atoms with Gasteiger partial charge in [-0.15, -0.1) is 0 Å². The van der Waals surface area contributed by atoms with Crippen molar-refractivity contribution < 1.29 is 17.0 Å². The average molecular weight is 308 g/mol. The van der Waals surface area contributed by atoms with E-state index in [0.29, 0.717) is 12.3 Å². The van der Waals surface area contributed by atoms with E-state index in [-0.39, 0.29) is 10.8 Å². The van der Waals surface area contributed by atoms with Crippen LogP contribution < -0.4 is 10.0 Å². The second-order valence-electron chi connectivity index (χ2n) is 4.26. The molecule has 0 aromatic carbocycles. The van der Waals surface area contributed by atoms with Gasteiger partial charge in [0.15, 0.2) is 0 Å². The van der Waals surface area contributed by atoms with Crippen LogP contribution in [0, 0.1) is 0 Å². The van der Waals surface area contributed by atoms with E-state index in [2.05, 4.69) is 10.0 Å². The first-order valence-corrected chi connectivity index (χ1v) is 9.18. The number of rotatable bonds is 8. The van der Waals surface area contributed by atoms with Gasteiger partial charge >= 0.3 is 0 Å². The lowest BCUT2D eigenvalue weighted by atomic mass is 10.4. The smallest absolute Gasteiger partial charge is 0.274 e. The fourth-order valence-electron chi connectivity index (χ4n) is 1.55. The Morgan fingerprint density at radius 1 is 1.42 bits per heavy atom. The van der Waals surface area contributed by atoms with Crippen molar-refractivity contribution in [2.75, 3.05) is 18.6 Å². The van der Waals surface area contributed by atoms with Crippen molar-refractivity contribution in [3.8, 4) is 0 Å². The number of nitrogens with one attached hydrogen (secondary N) is 2. The second kappa shape index (κ2) is 7.18. The lowest BCUT2D eigenvalue weighted by Gasteiger charge is -2.11. The van der Waals surface area contributed by atoms with Crippen LogP contribution in [0.1, 0.15) is 19.6 Å². The van der Waals surface area contributed by atoms with Crippen LogP contribution in [0.3, 0.4) is 0 Å². The summed E-state index contributed by atoms with van der Waals surface area (Å²) in [5.41, 5.74) is 0. The molecule has 0 spiro atoms. The van der Waals surface area contributed by atoms with Gasteiger partial charge in [0.25, 0.3) is 10.0 Å². The molecule has 2 unspecified atom stereocenters. The predicted octanol–water partition coefficient (Wildman–Crippen LogP) is 0.434. The molecule has 1 heterocycles. The monoisotopic (exact) mass is 308 g/mol. The van der Waals surface area contributed by atoms with Crippen LogP contribution >= 0.6 is 0 Å². The standard InChI is InChI=1S/C11H20N2O4S2/c1-4-12-7-10-5-6-11(17-10)19(15,16)13-9(2)8-18(3)14/h5-6,9,12-13H,4,7-8H2,1-3H3. The minimum atomic E-state index is -3.69. The summed E-state index contributed by atoms with van der Waals surface area (Å²) in [6.07, 6.45) is 1.53. The van der Waals surface area contributed by atoms with Gasteiger partial charge in [0.2, 0.25) is 5.09 Å². The first-order valence-electron chi connectivity index (χ1n) is 5.97. The summed E-state index contributed by atoms with van der Waals surface area (Å²) in [5, 5.41) is 2.93. The van der Waals surface area contributed by atoms with Gasteiger partial charge in [0.1, 0.15) is 5.76 Å². The van der Waals surface area contributed by atoms with E-state index >= 15 is 0 Å². The lowest BCUT2D eigenvalue weighted by molar-refractivity contribution is 0.400. The van der Waals surface area contributed by atoms with Crippen LogP contribution in [-0.2, 0) is 27.4 Å². The molecule has 0 bridgehead atoms. The predicted molar refractivity (Wildman–Crippen MR) is 74.8 cm³/mol. The van der Waals surface area contributed by atoms with E-state index in [4.69, 9.17) is 4.42 Å². The number of furan rings is 1. The van der Waals surface area contributed by atoms with Crippen LogP contribution in [-0.4, -0.2) is 37.2 Å². The Morgan fingerprint density at radius 3 is 2.68 bits per heavy atom. The van der Waals surface area contributed by atoms with E-state index < -0.39 is 26.9 Å². The summed E-state index contributed by atoms with van der Waals surface area (Å²) in [5.74, 6) is 0.832. The molecule has 8 heteroatoms. The van der Waals surface area contributed by atoms with E-state index in [1.54, 1.807) is 13.0 Å². The van der Waals surface area contributed by atoms with Gasteiger partial charge in [-0.25, -0.2) is 13.1 Å². The quantitative estimate of drug-likeness (QED) is 0.727. The summed E-state index contributed by atoms with van der Waals surface area (Å²) in [4.78, 5) is 0. The molecule has 0 saturated carbocycles. The zero-order valence-corrected chi connectivity index (χ0v) is 12.9. The maximum atomic E-state index is 12.0. The van der Waals surface area contributed by atoms with E-state index in [9.17, 15) is 12.6 Å². The fraction of sp³-hybridized carbons (Fsp3) is 0.636. The molecule has 0 aliphatic carbocycles. The van der Waals surface area contributed by atoms with Gasteiger partial charge < -0.3 is 9.73 Å². The molecule has 0 fully saturated rings. The maximum absolute atomic E-state index is 12.0. The van der Waals surface area contributed by atoms with Crippen LogP contribution in [0.25, 0.3) is 0 Å². The SMILES string of the molecule is CCNCc1ccc(S(=O)(=O)NC(C)CS(C)=O)o1. The molecule has 1 rings (SSSR count). The van der Waals surface area contributed by atoms with Gasteiger partial charge in [0.05, 0.1) is 6.54 Å². The number of sulfonamides is 1. The zero-order chi connectivity index (χ0) is 14.5. The average Bonchev–Trinajstić information content (AvgIpc) is 2.73. The number of hydrogen-bond acceptors (Lipinski definition) is 5. The molecule has 0 amide bonds. The highest BCUT2D eigenvalue weighted by Crippen LogP contribution is 2.14. The normalized spacial score (nSPS) is 15.3. The molecular formula is C11H20N2O4S2. The summed E-state index contributed by atoms with van der Waals surface area (Å²) >= 11 is 0. The third kappa shape index (κ3) is 5.43. The van der Waals surface area contributed by atoms with E-state index in [0.717, 1.165) is 6.54 Å². The Bertz CT molecular complexity index is 525. The summed E-state index contributed by atoms with van der Waals surface area (Å²) in [7, 11) is -4.74. The van der Waals surface area contributed by atoms with Crippen molar-refractivity contribution in [3.05, 3.63) is 17.9 Å². The molecule has 0 aliphatic rings. The highest BCUT2D eigenvalue weighted by molar-refractivity contribution is 7.89. The van der Waals surface area contributed by atoms with Gasteiger partial charge in [0, 0.05) is 28.9 Å². The summed E-state index contributed by atoms with van der Waals surface area (Å²) in [6.45, 7) is 4.89. The third-order valence-corrected chi connectivity index (χ3v) is 4.72. The van der Waals surface area contributed by atoms with E-state index in [1.165, 1.54) is 12.3 Å². The molecule has 0 saturated heterocycles. The summed E-state index contributed by atoms with van der Waals surface area (Å²) < 4.78 is 42.7. The third-order valence-electron chi connectivity index (χ3n) is 2.29. The van der Waals surface area contributed by atoms with Crippen LogP contribution in [0.2, 0.25) is 0 Å². The van der Waals surface area contributed by atoms with Gasteiger partial charge in [-0.1, -0.05) is 6.92 Å². The van der Waals surface area contributed by atoms with Gasteiger partial charge in [-0.05, 0) is 25.6 Å². The molecule has 0 aliphatic heterocycles. The second-order valence-corrected chi connectivity index (χ2v) is 7.39. The summed E-state index contributed by atoms with van der Waals surface area (Å²) in [6, 6.07) is 2.64. The van der Waals surface area contributed by atoms with E-state index in [1.807, 2.05) is 6.92 Å². The minimum absolute atomic E-state index is 0.117. The van der Waals surface area contributed by atoms with Gasteiger partial charge in [-0.3, -0.25) is 4.21 Å². The van der Waals surface area contributed by atoms with Crippen LogP contribution in [0.15, 0.2) is 21.6 Å². The van der Waals surface area contributed by atoms with Crippen LogP contribution in [0.5, 0.6) is 0 Å². The topological polar surface area (TPSA) is 88.4 Å². The van der Waals surface area contributed by atoms with Crippen molar-refractivity contribution in [2.24, 2.45) is 0 Å². The van der Waals surface area contributed by atoms with Gasteiger partial charge in [-0.2, -0.15) is 0 Å². The maximum Gasteiger partial charge on any atom is 0.274 e. The molecular weight excluding hydrogens is 288 g/mol. The number of hydrogen-bond donors (Lipinski definition) is 2. The Kier molecular flexibility index (Phi) is 6.18. The Morgan fingerprint density at radius 2 is 2.11 bits per heavy atom. The molecule has 2 N–H and O–H groups in total. The molecule has 2 atom stereocenters. The Balaban J connectivity index is 2.71. The van der Waals surface area contributed by atoms with Crippen LogP contribution in [0.4, 0.5) is 0 Å². The highest BCUT2D eigenvalue weighted by atomic mass is 32.2. The van der Waals surface area contributed by atoms with Crippen molar-refractivity contribution in [1.82, 2.24) is 10.0 Å². The molecule has 19 heavy (non-hydrogen) atoms. The largest absolute Gasteiger partial charge is 0.447 e. The first kappa shape index (κ1) is 16.4.